The van der Waals surface area contributed by atoms with E-state index in [-0.39, 0.29) is 11.3 Å². The molecule has 0 bridgehead atoms. The van der Waals surface area contributed by atoms with Gasteiger partial charge in [0.25, 0.3) is 5.91 Å². The lowest BCUT2D eigenvalue weighted by atomic mass is 9.98. The Morgan fingerprint density at radius 1 is 1.28 bits per heavy atom. The van der Waals surface area contributed by atoms with Crippen LogP contribution in [0.2, 0.25) is 0 Å². The van der Waals surface area contributed by atoms with Gasteiger partial charge in [-0.15, -0.1) is 0 Å². The number of nitrogens with zero attached hydrogens (tertiary/aromatic N) is 2. The first-order valence-electron chi connectivity index (χ1n) is 8.38. The van der Waals surface area contributed by atoms with Crippen LogP contribution in [0.3, 0.4) is 0 Å². The number of amides is 1. The zero-order valence-corrected chi connectivity index (χ0v) is 14.0. The Hall–Kier alpha value is -2.89. The highest BCUT2D eigenvalue weighted by Gasteiger charge is 2.44. The second-order valence-corrected chi connectivity index (χ2v) is 5.93. The van der Waals surface area contributed by atoms with Crippen molar-refractivity contribution >= 4 is 11.7 Å². The highest BCUT2D eigenvalue weighted by atomic mass is 16.3. The van der Waals surface area contributed by atoms with Crippen LogP contribution in [0.15, 0.2) is 58.5 Å². The summed E-state index contributed by atoms with van der Waals surface area (Å²) in [6, 6.07) is 7.71. The molecule has 1 atom stereocenters. The largest absolute Gasteiger partial charge is 0.503 e. The Morgan fingerprint density at radius 3 is 2.76 bits per heavy atom. The first-order valence-corrected chi connectivity index (χ1v) is 8.38. The molecule has 1 aliphatic rings. The Kier molecular flexibility index (Phi) is 4.97. The van der Waals surface area contributed by atoms with E-state index in [4.69, 9.17) is 4.42 Å². The van der Waals surface area contributed by atoms with E-state index in [1.165, 1.54) is 17.2 Å². The summed E-state index contributed by atoms with van der Waals surface area (Å²) in [5.41, 5.74) is 0.571. The normalized spacial score (nSPS) is 17.4. The molecule has 2 aromatic rings. The topological polar surface area (TPSA) is 83.6 Å². The van der Waals surface area contributed by atoms with Gasteiger partial charge < -0.3 is 14.4 Å². The molecule has 1 amide bonds. The standard InChI is InChI=1S/C19H20N2O4/c1-2-3-6-11-21-16(13-8-4-5-10-20-13)15(18(23)19(21)24)17(22)14-9-7-12-25-14/h4-5,7-10,12,16,23H,2-3,6,11H2,1H3. The minimum absolute atomic E-state index is 0.0233. The molecule has 0 aliphatic carbocycles. The molecule has 1 N–H and O–H groups in total. The van der Waals surface area contributed by atoms with Crippen LogP contribution in [0.4, 0.5) is 0 Å². The maximum Gasteiger partial charge on any atom is 0.290 e. The van der Waals surface area contributed by atoms with Crippen molar-refractivity contribution in [3.8, 4) is 0 Å². The molecule has 6 heteroatoms. The van der Waals surface area contributed by atoms with Crippen molar-refractivity contribution < 1.29 is 19.1 Å². The van der Waals surface area contributed by atoms with Crippen LogP contribution in [0.5, 0.6) is 0 Å². The van der Waals surface area contributed by atoms with E-state index in [1.54, 1.807) is 30.5 Å². The maximum absolute atomic E-state index is 12.8. The molecule has 0 saturated carbocycles. The summed E-state index contributed by atoms with van der Waals surface area (Å²) >= 11 is 0. The van der Waals surface area contributed by atoms with E-state index in [0.29, 0.717) is 12.2 Å². The number of aliphatic hydroxyl groups is 1. The number of furan rings is 1. The number of pyridine rings is 1. The van der Waals surface area contributed by atoms with Crippen LogP contribution < -0.4 is 0 Å². The highest BCUT2D eigenvalue weighted by Crippen LogP contribution is 2.38. The van der Waals surface area contributed by atoms with Crippen molar-refractivity contribution in [1.82, 2.24) is 9.88 Å². The van der Waals surface area contributed by atoms with Crippen LogP contribution >= 0.6 is 0 Å². The van der Waals surface area contributed by atoms with Crippen molar-refractivity contribution in [1.29, 1.82) is 0 Å². The number of carbonyl (C=O) groups excluding carboxylic acids is 2. The number of ketones is 1. The Balaban J connectivity index is 2.01. The zero-order valence-electron chi connectivity index (χ0n) is 14.0. The van der Waals surface area contributed by atoms with Crippen LogP contribution in [-0.4, -0.2) is 33.2 Å². The molecular formula is C19H20N2O4. The van der Waals surface area contributed by atoms with Crippen molar-refractivity contribution in [3.05, 3.63) is 65.6 Å². The summed E-state index contributed by atoms with van der Waals surface area (Å²) in [6.45, 7) is 2.52. The van der Waals surface area contributed by atoms with E-state index < -0.39 is 23.5 Å². The van der Waals surface area contributed by atoms with Crippen molar-refractivity contribution in [2.75, 3.05) is 6.54 Å². The average molecular weight is 340 g/mol. The van der Waals surface area contributed by atoms with Gasteiger partial charge in [-0.2, -0.15) is 0 Å². The SMILES string of the molecule is CCCCCN1C(=O)C(O)=C(C(=O)c2ccco2)C1c1ccccn1. The smallest absolute Gasteiger partial charge is 0.290 e. The van der Waals surface area contributed by atoms with Crippen molar-refractivity contribution in [2.45, 2.75) is 32.2 Å². The summed E-state index contributed by atoms with van der Waals surface area (Å²) in [5, 5.41) is 10.4. The number of unbranched alkanes of at least 4 members (excludes halogenated alkanes) is 2. The predicted octanol–water partition coefficient (Wildman–Crippen LogP) is 3.44. The third-order valence-corrected chi connectivity index (χ3v) is 4.26. The molecule has 3 heterocycles. The third kappa shape index (κ3) is 3.20. The molecule has 0 aromatic carbocycles. The van der Waals surface area contributed by atoms with Gasteiger partial charge in [0.1, 0.15) is 6.04 Å². The van der Waals surface area contributed by atoms with Crippen LogP contribution in [0, 0.1) is 0 Å². The van der Waals surface area contributed by atoms with Gasteiger partial charge in [0.15, 0.2) is 11.5 Å². The summed E-state index contributed by atoms with van der Waals surface area (Å²) < 4.78 is 5.16. The molecule has 0 spiro atoms. The monoisotopic (exact) mass is 340 g/mol. The number of aliphatic hydroxyl groups excluding tert-OH is 1. The fourth-order valence-electron chi connectivity index (χ4n) is 3.03. The third-order valence-electron chi connectivity index (χ3n) is 4.26. The van der Waals surface area contributed by atoms with Gasteiger partial charge in [-0.05, 0) is 30.7 Å². The minimum Gasteiger partial charge on any atom is -0.503 e. The fourth-order valence-corrected chi connectivity index (χ4v) is 3.03. The molecule has 1 aliphatic heterocycles. The average Bonchev–Trinajstić information content (AvgIpc) is 3.25. The molecule has 3 rings (SSSR count). The van der Waals surface area contributed by atoms with E-state index in [0.717, 1.165) is 19.3 Å². The molecule has 0 fully saturated rings. The van der Waals surface area contributed by atoms with E-state index in [9.17, 15) is 14.7 Å². The van der Waals surface area contributed by atoms with Crippen molar-refractivity contribution in [3.63, 3.8) is 0 Å². The Morgan fingerprint density at radius 2 is 2.12 bits per heavy atom. The molecule has 6 nitrogen and oxygen atoms in total. The first kappa shape index (κ1) is 17.0. The Labute approximate surface area is 145 Å². The number of carbonyl (C=O) groups is 2. The van der Waals surface area contributed by atoms with Gasteiger partial charge in [0.2, 0.25) is 5.78 Å². The lowest BCUT2D eigenvalue weighted by Crippen LogP contribution is -2.32. The lowest BCUT2D eigenvalue weighted by Gasteiger charge is -2.25. The fraction of sp³-hybridized carbons (Fsp3) is 0.316. The molecule has 130 valence electrons. The van der Waals surface area contributed by atoms with Gasteiger partial charge in [0, 0.05) is 12.7 Å². The highest BCUT2D eigenvalue weighted by molar-refractivity contribution is 6.14. The predicted molar refractivity (Wildman–Crippen MR) is 90.9 cm³/mol. The van der Waals surface area contributed by atoms with Crippen LogP contribution in [0.1, 0.15) is 48.5 Å². The minimum atomic E-state index is -0.705. The number of Topliss-reactive ketones (excluding diaryl/α,β-unsaturated/α-hetero) is 1. The lowest BCUT2D eigenvalue weighted by molar-refractivity contribution is -0.129. The maximum atomic E-state index is 12.8. The molecule has 0 radical (unpaired) electrons. The quantitative estimate of drug-likeness (QED) is 0.616. The second kappa shape index (κ2) is 7.34. The molecular weight excluding hydrogens is 320 g/mol. The molecule has 2 aromatic heterocycles. The summed E-state index contributed by atoms with van der Waals surface area (Å²) in [5.74, 6) is -1.47. The number of hydrogen-bond donors (Lipinski definition) is 1. The second-order valence-electron chi connectivity index (χ2n) is 5.93. The zero-order chi connectivity index (χ0) is 17.8. The summed E-state index contributed by atoms with van der Waals surface area (Å²) in [4.78, 5) is 31.2. The van der Waals surface area contributed by atoms with E-state index in [2.05, 4.69) is 11.9 Å². The van der Waals surface area contributed by atoms with Gasteiger partial charge in [-0.1, -0.05) is 25.8 Å². The Bertz CT molecular complexity index is 781. The number of hydrogen-bond acceptors (Lipinski definition) is 5. The van der Waals surface area contributed by atoms with E-state index >= 15 is 0 Å². The van der Waals surface area contributed by atoms with E-state index in [1.807, 2.05) is 0 Å². The van der Waals surface area contributed by atoms with Crippen molar-refractivity contribution in [2.24, 2.45) is 0 Å². The summed E-state index contributed by atoms with van der Waals surface area (Å²) in [6.07, 6.45) is 5.75. The first-order chi connectivity index (χ1) is 12.1. The molecule has 1 unspecified atom stereocenters. The molecule has 25 heavy (non-hydrogen) atoms. The molecule has 0 saturated heterocycles. The number of aromatic nitrogens is 1. The number of rotatable bonds is 7. The van der Waals surface area contributed by atoms with Gasteiger partial charge in [0.05, 0.1) is 17.5 Å². The van der Waals surface area contributed by atoms with Gasteiger partial charge in [-0.3, -0.25) is 14.6 Å². The van der Waals surface area contributed by atoms with Gasteiger partial charge in [-0.25, -0.2) is 0 Å². The summed E-state index contributed by atoms with van der Waals surface area (Å²) in [7, 11) is 0. The van der Waals surface area contributed by atoms with Crippen LogP contribution in [0.25, 0.3) is 0 Å². The van der Waals surface area contributed by atoms with Gasteiger partial charge >= 0.3 is 0 Å². The van der Waals surface area contributed by atoms with Crippen LogP contribution in [-0.2, 0) is 4.79 Å².